The van der Waals surface area contributed by atoms with Crippen LogP contribution in [-0.2, 0) is 4.79 Å². The Balaban J connectivity index is 0.00000210. The van der Waals surface area contributed by atoms with Gasteiger partial charge >= 0.3 is 0 Å². The summed E-state index contributed by atoms with van der Waals surface area (Å²) in [6, 6.07) is 19.8. The SMILES string of the molecule is Cl.O=C(COc1cc(-c2ccccc2)nc2ccccc12)N1CCCCC1. The monoisotopic (exact) mass is 382 g/mol. The lowest BCUT2D eigenvalue weighted by Crippen LogP contribution is -2.38. The minimum absolute atomic E-state index is 0. The number of ether oxygens (including phenoxy) is 1. The van der Waals surface area contributed by atoms with Crippen molar-refractivity contribution >= 4 is 29.2 Å². The van der Waals surface area contributed by atoms with E-state index in [1.165, 1.54) is 6.42 Å². The van der Waals surface area contributed by atoms with E-state index in [0.29, 0.717) is 5.75 Å². The van der Waals surface area contributed by atoms with E-state index >= 15 is 0 Å². The number of carbonyl (C=O) groups is 1. The lowest BCUT2D eigenvalue weighted by Gasteiger charge is -2.26. The molecule has 0 N–H and O–H groups in total. The highest BCUT2D eigenvalue weighted by Gasteiger charge is 2.17. The quantitative estimate of drug-likeness (QED) is 0.656. The van der Waals surface area contributed by atoms with Crippen LogP contribution in [0.1, 0.15) is 19.3 Å². The first kappa shape index (κ1) is 19.2. The van der Waals surface area contributed by atoms with Gasteiger partial charge in [-0.25, -0.2) is 4.98 Å². The van der Waals surface area contributed by atoms with Gasteiger partial charge in [0.25, 0.3) is 5.91 Å². The summed E-state index contributed by atoms with van der Waals surface area (Å²) >= 11 is 0. The van der Waals surface area contributed by atoms with Crippen molar-refractivity contribution < 1.29 is 9.53 Å². The standard InChI is InChI=1S/C22H22N2O2.ClH/c25-22(24-13-7-2-8-14-24)16-26-21-15-20(17-9-3-1-4-10-17)23-19-12-6-5-11-18(19)21;/h1,3-6,9-12,15H,2,7-8,13-14,16H2;1H. The first-order valence-corrected chi connectivity index (χ1v) is 9.17. The van der Waals surface area contributed by atoms with E-state index in [9.17, 15) is 4.79 Å². The van der Waals surface area contributed by atoms with E-state index < -0.39 is 0 Å². The molecular formula is C22H23ClN2O2. The molecule has 1 saturated heterocycles. The smallest absolute Gasteiger partial charge is 0.260 e. The van der Waals surface area contributed by atoms with Gasteiger partial charge in [-0.2, -0.15) is 0 Å². The van der Waals surface area contributed by atoms with E-state index in [1.54, 1.807) is 0 Å². The predicted molar refractivity (Wildman–Crippen MR) is 110 cm³/mol. The number of halogens is 1. The third-order valence-electron chi connectivity index (χ3n) is 4.81. The van der Waals surface area contributed by atoms with Crippen LogP contribution < -0.4 is 4.74 Å². The number of likely N-dealkylation sites (tertiary alicyclic amines) is 1. The summed E-state index contributed by atoms with van der Waals surface area (Å²) in [7, 11) is 0. The van der Waals surface area contributed by atoms with E-state index in [2.05, 4.69) is 0 Å². The lowest BCUT2D eigenvalue weighted by atomic mass is 10.1. The molecule has 1 aromatic heterocycles. The summed E-state index contributed by atoms with van der Waals surface area (Å²) < 4.78 is 5.97. The van der Waals surface area contributed by atoms with Crippen molar-refractivity contribution in [2.45, 2.75) is 19.3 Å². The van der Waals surface area contributed by atoms with Gasteiger partial charge in [-0.15, -0.1) is 12.4 Å². The summed E-state index contributed by atoms with van der Waals surface area (Å²) in [5, 5.41) is 0.929. The molecular weight excluding hydrogens is 360 g/mol. The molecule has 27 heavy (non-hydrogen) atoms. The number of hydrogen-bond acceptors (Lipinski definition) is 3. The number of para-hydroxylation sites is 1. The molecule has 0 radical (unpaired) electrons. The highest BCUT2D eigenvalue weighted by Crippen LogP contribution is 2.30. The van der Waals surface area contributed by atoms with Gasteiger partial charge in [0.15, 0.2) is 6.61 Å². The molecule has 2 aromatic carbocycles. The molecule has 1 aliphatic heterocycles. The van der Waals surface area contributed by atoms with Crippen molar-refractivity contribution in [3.8, 4) is 17.0 Å². The lowest BCUT2D eigenvalue weighted by molar-refractivity contribution is -0.134. The molecule has 0 saturated carbocycles. The van der Waals surface area contributed by atoms with Crippen molar-refractivity contribution in [3.63, 3.8) is 0 Å². The van der Waals surface area contributed by atoms with Gasteiger partial charge in [-0.05, 0) is 31.4 Å². The summed E-state index contributed by atoms with van der Waals surface area (Å²) in [5.41, 5.74) is 2.75. The van der Waals surface area contributed by atoms with Crippen molar-refractivity contribution in [1.82, 2.24) is 9.88 Å². The second kappa shape index (κ2) is 8.87. The van der Waals surface area contributed by atoms with Crippen LogP contribution in [0.5, 0.6) is 5.75 Å². The highest BCUT2D eigenvalue weighted by molar-refractivity contribution is 5.88. The first-order valence-electron chi connectivity index (χ1n) is 9.17. The maximum atomic E-state index is 12.4. The predicted octanol–water partition coefficient (Wildman–Crippen LogP) is 4.71. The number of benzene rings is 2. The Hall–Kier alpha value is -2.59. The Morgan fingerprint density at radius 3 is 2.44 bits per heavy atom. The number of pyridine rings is 1. The van der Waals surface area contributed by atoms with Crippen LogP contribution in [0, 0.1) is 0 Å². The van der Waals surface area contributed by atoms with Gasteiger partial charge in [0.05, 0.1) is 11.2 Å². The van der Waals surface area contributed by atoms with Crippen LogP contribution in [0.25, 0.3) is 22.2 Å². The maximum absolute atomic E-state index is 12.4. The van der Waals surface area contributed by atoms with Crippen molar-refractivity contribution in [2.24, 2.45) is 0 Å². The topological polar surface area (TPSA) is 42.4 Å². The fraction of sp³-hybridized carbons (Fsp3) is 0.273. The Labute approximate surface area is 165 Å². The van der Waals surface area contributed by atoms with Crippen LogP contribution in [0.2, 0.25) is 0 Å². The van der Waals surface area contributed by atoms with Crippen LogP contribution in [0.4, 0.5) is 0 Å². The molecule has 0 aliphatic carbocycles. The molecule has 1 amide bonds. The van der Waals surface area contributed by atoms with Gasteiger partial charge in [-0.1, -0.05) is 42.5 Å². The third kappa shape index (κ3) is 4.40. The summed E-state index contributed by atoms with van der Waals surface area (Å²) in [5.74, 6) is 0.770. The van der Waals surface area contributed by atoms with Crippen molar-refractivity contribution in [3.05, 3.63) is 60.7 Å². The van der Waals surface area contributed by atoms with Crippen molar-refractivity contribution in [2.75, 3.05) is 19.7 Å². The molecule has 0 unspecified atom stereocenters. The normalized spacial score (nSPS) is 13.9. The zero-order valence-corrected chi connectivity index (χ0v) is 16.0. The molecule has 1 aliphatic rings. The largest absolute Gasteiger partial charge is 0.483 e. The fourth-order valence-electron chi connectivity index (χ4n) is 3.39. The van der Waals surface area contributed by atoms with Crippen LogP contribution in [0.15, 0.2) is 60.7 Å². The number of nitrogens with zero attached hydrogens (tertiary/aromatic N) is 2. The minimum Gasteiger partial charge on any atom is -0.483 e. The van der Waals surface area contributed by atoms with Crippen LogP contribution in [0.3, 0.4) is 0 Å². The minimum atomic E-state index is 0. The second-order valence-corrected chi connectivity index (χ2v) is 6.62. The zero-order valence-electron chi connectivity index (χ0n) is 15.1. The molecule has 4 rings (SSSR count). The van der Waals surface area contributed by atoms with Gasteiger partial charge in [-0.3, -0.25) is 4.79 Å². The van der Waals surface area contributed by atoms with Gasteiger partial charge in [0.1, 0.15) is 5.75 Å². The molecule has 0 atom stereocenters. The first-order chi connectivity index (χ1) is 12.8. The number of hydrogen-bond donors (Lipinski definition) is 0. The van der Waals surface area contributed by atoms with Crippen molar-refractivity contribution in [1.29, 1.82) is 0 Å². The molecule has 0 spiro atoms. The summed E-state index contributed by atoms with van der Waals surface area (Å²) in [4.78, 5) is 19.1. The number of fused-ring (bicyclic) bond motifs is 1. The second-order valence-electron chi connectivity index (χ2n) is 6.62. The van der Waals surface area contributed by atoms with Crippen LogP contribution >= 0.6 is 12.4 Å². The van der Waals surface area contributed by atoms with Crippen LogP contribution in [-0.4, -0.2) is 35.5 Å². The average Bonchev–Trinajstić information content (AvgIpc) is 2.73. The Bertz CT molecular complexity index is 909. The zero-order chi connectivity index (χ0) is 17.8. The van der Waals surface area contributed by atoms with E-state index in [1.807, 2.05) is 65.6 Å². The maximum Gasteiger partial charge on any atom is 0.260 e. The molecule has 3 aromatic rings. The number of amides is 1. The van der Waals surface area contributed by atoms with E-state index in [4.69, 9.17) is 9.72 Å². The molecule has 0 bridgehead atoms. The summed E-state index contributed by atoms with van der Waals surface area (Å²) in [6.45, 7) is 1.76. The third-order valence-corrected chi connectivity index (χ3v) is 4.81. The average molecular weight is 383 g/mol. The molecule has 1 fully saturated rings. The number of carbonyl (C=O) groups excluding carboxylic acids is 1. The highest BCUT2D eigenvalue weighted by atomic mass is 35.5. The molecule has 2 heterocycles. The Morgan fingerprint density at radius 2 is 1.67 bits per heavy atom. The Kier molecular flexibility index (Phi) is 6.30. The fourth-order valence-corrected chi connectivity index (χ4v) is 3.39. The van der Waals surface area contributed by atoms with Gasteiger partial charge in [0, 0.05) is 30.1 Å². The van der Waals surface area contributed by atoms with Gasteiger partial charge < -0.3 is 9.64 Å². The van der Waals surface area contributed by atoms with E-state index in [-0.39, 0.29) is 24.9 Å². The number of aromatic nitrogens is 1. The molecule has 4 nitrogen and oxygen atoms in total. The van der Waals surface area contributed by atoms with Gasteiger partial charge in [0.2, 0.25) is 0 Å². The number of rotatable bonds is 4. The Morgan fingerprint density at radius 1 is 0.963 bits per heavy atom. The summed E-state index contributed by atoms with van der Waals surface area (Å²) in [6.07, 6.45) is 3.38. The number of piperidine rings is 1. The van der Waals surface area contributed by atoms with E-state index in [0.717, 1.165) is 48.1 Å². The molecule has 5 heteroatoms. The molecule has 140 valence electrons.